The Morgan fingerprint density at radius 1 is 0.302 bits per heavy atom. The monoisotopic (exact) mass is 1330 g/mol. The van der Waals surface area contributed by atoms with Crippen LogP contribution < -0.4 is 9.47 Å². The van der Waals surface area contributed by atoms with Crippen LogP contribution in [0, 0.1) is 43.3 Å². The maximum Gasteiger partial charge on any atom is 0.351 e. The number of hydrogen-bond donors (Lipinski definition) is 0. The summed E-state index contributed by atoms with van der Waals surface area (Å²) in [5.74, 6) is -3.43. The highest BCUT2D eigenvalue weighted by atomic mass is 16.6. The summed E-state index contributed by atoms with van der Waals surface area (Å²) in [4.78, 5) is 116. The van der Waals surface area contributed by atoms with Gasteiger partial charge in [0.2, 0.25) is 22.4 Å². The highest BCUT2D eigenvalue weighted by Gasteiger charge is 2.80. The van der Waals surface area contributed by atoms with Crippen LogP contribution in [-0.4, -0.2) is 84.4 Å². The number of fused-ring (bicyclic) bond motifs is 14. The van der Waals surface area contributed by atoms with Crippen molar-refractivity contribution >= 4 is 47.8 Å². The molecular weight excluding hydrogens is 1220 g/mol. The predicted molar refractivity (Wildman–Crippen MR) is 353 cm³/mol. The summed E-state index contributed by atoms with van der Waals surface area (Å²) in [6, 6.07) is 0. The fourth-order valence-electron chi connectivity index (χ4n) is 19.8. The van der Waals surface area contributed by atoms with Crippen molar-refractivity contribution in [2.24, 2.45) is 43.3 Å². The van der Waals surface area contributed by atoms with E-state index in [0.29, 0.717) is 122 Å². The summed E-state index contributed by atoms with van der Waals surface area (Å²) >= 11 is 0. The van der Waals surface area contributed by atoms with Crippen molar-refractivity contribution in [3.05, 3.63) is 44.5 Å². The van der Waals surface area contributed by atoms with Crippen LogP contribution in [0.2, 0.25) is 0 Å². The van der Waals surface area contributed by atoms with E-state index in [-0.39, 0.29) is 52.1 Å². The Bertz CT molecular complexity index is 3340. The third kappa shape index (κ3) is 9.51. The number of rotatable bonds is 15. The van der Waals surface area contributed by atoms with Crippen molar-refractivity contribution in [3.8, 4) is 22.6 Å². The number of ether oxygens (including phenoxy) is 10. The molecule has 2 aromatic rings. The molecule has 526 valence electrons. The Morgan fingerprint density at radius 2 is 0.500 bits per heavy atom. The van der Waals surface area contributed by atoms with Gasteiger partial charge in [-0.3, -0.25) is 19.2 Å². The molecule has 2 aromatic carbocycles. The van der Waals surface area contributed by atoms with Gasteiger partial charge >= 0.3 is 47.8 Å². The van der Waals surface area contributed by atoms with E-state index >= 15 is 19.2 Å². The second-order valence-corrected chi connectivity index (χ2v) is 33.3. The first-order valence-electron chi connectivity index (χ1n) is 36.4. The van der Waals surface area contributed by atoms with E-state index in [4.69, 9.17) is 47.4 Å². The minimum Gasteiger partial charge on any atom is -0.496 e. The number of hydrogen-bond acceptors (Lipinski definition) is 18. The van der Waals surface area contributed by atoms with Crippen LogP contribution in [0.4, 0.5) is 0 Å². The minimum atomic E-state index is -1.58. The second kappa shape index (κ2) is 24.3. The molecule has 4 saturated heterocycles. The molecule has 0 aromatic heterocycles. The van der Waals surface area contributed by atoms with Gasteiger partial charge in [-0.25, -0.2) is 19.2 Å². The van der Waals surface area contributed by atoms with Gasteiger partial charge < -0.3 is 47.4 Å². The molecule has 0 radical (unpaired) electrons. The fourth-order valence-corrected chi connectivity index (χ4v) is 19.8. The fraction of sp³-hybridized carbons (Fsp3) is 0.744. The SMILES string of the molecule is COc1c2c(COC(=O)C34CCC(C)(C(=O)O3)C4(C)C)c(COC(=O)C34CCC(C)(C(=O)O3)C4(C)C)c(c1-c1c3c(COC(=O)C45CCC(C)(C(=O)O4)C5(C)C)c(COC(=O)C45CCC(C)(C(=O)O4)C5(C)C)c(c1OC)CCCCCCCCCC3)CCCCCCCCCC2. The minimum absolute atomic E-state index is 0.273. The van der Waals surface area contributed by atoms with Gasteiger partial charge in [-0.15, -0.1) is 0 Å². The lowest BCUT2D eigenvalue weighted by molar-refractivity contribution is -0.184. The third-order valence-electron chi connectivity index (χ3n) is 28.7. The van der Waals surface area contributed by atoms with Crippen LogP contribution in [0.15, 0.2) is 0 Å². The number of benzene rings is 2. The van der Waals surface area contributed by atoms with Crippen molar-refractivity contribution < 1.29 is 85.7 Å². The van der Waals surface area contributed by atoms with E-state index in [1.54, 1.807) is 14.2 Å². The van der Waals surface area contributed by atoms with Crippen molar-refractivity contribution in [3.63, 3.8) is 0 Å². The molecule has 12 bridgehead atoms. The van der Waals surface area contributed by atoms with Gasteiger partial charge in [-0.05, 0) is 142 Å². The molecule has 8 atom stereocenters. The van der Waals surface area contributed by atoms with Crippen LogP contribution in [-0.2, 0) is 128 Å². The first-order valence-corrected chi connectivity index (χ1v) is 36.4. The summed E-state index contributed by atoms with van der Waals surface area (Å²) in [5, 5.41) is 0. The van der Waals surface area contributed by atoms with Gasteiger partial charge in [0.25, 0.3) is 0 Å². The molecule has 6 aliphatic carbocycles. The molecule has 96 heavy (non-hydrogen) atoms. The summed E-state index contributed by atoms with van der Waals surface area (Å²) in [6.45, 7) is 21.4. The topological polar surface area (TPSA) is 229 Å². The normalized spacial score (nSPS) is 33.8. The summed E-state index contributed by atoms with van der Waals surface area (Å²) in [5.41, 5.74) is -6.97. The molecule has 4 heterocycles. The Hall–Kier alpha value is -6.20. The summed E-state index contributed by atoms with van der Waals surface area (Å²) in [7, 11) is 3.30. The number of carbonyl (C=O) groups excluding carboxylic acids is 8. The number of esters is 8. The highest BCUT2D eigenvalue weighted by Crippen LogP contribution is 2.70. The van der Waals surface area contributed by atoms with Gasteiger partial charge in [-0.2, -0.15) is 0 Å². The van der Waals surface area contributed by atoms with Gasteiger partial charge in [0.1, 0.15) is 37.9 Å². The average molecular weight is 1330 g/mol. The molecule has 12 rings (SSSR count). The Balaban J connectivity index is 1.11. The average Bonchev–Trinajstić information content (AvgIpc) is 1.50. The molecule has 0 N–H and O–H groups in total. The second-order valence-electron chi connectivity index (χ2n) is 33.3. The van der Waals surface area contributed by atoms with E-state index in [2.05, 4.69) is 0 Å². The Kier molecular flexibility index (Phi) is 17.6. The molecule has 8 fully saturated rings. The molecule has 8 unspecified atom stereocenters. The van der Waals surface area contributed by atoms with E-state index < -0.39 is 113 Å². The van der Waals surface area contributed by atoms with Crippen molar-refractivity contribution in [2.75, 3.05) is 14.2 Å². The van der Waals surface area contributed by atoms with Crippen LogP contribution in [0.5, 0.6) is 11.5 Å². The first kappa shape index (κ1) is 69.7. The first-order chi connectivity index (χ1) is 45.3. The summed E-state index contributed by atoms with van der Waals surface area (Å²) < 4.78 is 65.5. The molecule has 0 amide bonds. The van der Waals surface area contributed by atoms with Crippen molar-refractivity contribution in [1.29, 1.82) is 0 Å². The largest absolute Gasteiger partial charge is 0.496 e. The van der Waals surface area contributed by atoms with E-state index in [0.717, 1.165) is 99.3 Å². The van der Waals surface area contributed by atoms with Crippen LogP contribution in [0.1, 0.15) is 282 Å². The zero-order valence-corrected chi connectivity index (χ0v) is 60.0. The molecule has 0 spiro atoms. The van der Waals surface area contributed by atoms with E-state index in [1.807, 2.05) is 83.1 Å². The van der Waals surface area contributed by atoms with Gasteiger partial charge in [0.05, 0.1) is 35.9 Å². The zero-order valence-electron chi connectivity index (χ0n) is 60.0. The smallest absolute Gasteiger partial charge is 0.351 e. The highest BCUT2D eigenvalue weighted by molar-refractivity contribution is 5.97. The molecule has 18 heteroatoms. The standard InChI is InChI=1S/C78H106O18/c1-67(2)71(9)35-39-75(67,93-59(71)79)63(83)89-43-51-47-31-27-23-19-15-17-21-25-29-33-49(53(51)45-91-65(85)77-41-37-73(11,61(81)95-77)69(77,5)6)57(87-13)55(47)56-48-32-28-24-20-16-18-22-26-30-34-50(58(56)88-14)54(46-92-66(86)78-42-38-74(12,62(82)96-78)70(78,7)8)52(48)44-90-64(84)76-40-36-72(10,60(80)94-76)68(76,3)4/h15-46H2,1-14H3. The van der Waals surface area contributed by atoms with Gasteiger partial charge in [0.15, 0.2) is 0 Å². The molecule has 4 saturated carbocycles. The van der Waals surface area contributed by atoms with Crippen molar-refractivity contribution in [2.45, 2.75) is 312 Å². The zero-order chi connectivity index (χ0) is 69.2. The lowest BCUT2D eigenvalue weighted by Crippen LogP contribution is -2.49. The van der Waals surface area contributed by atoms with E-state index in [1.165, 1.54) is 0 Å². The van der Waals surface area contributed by atoms with Gasteiger partial charge in [-0.1, -0.05) is 132 Å². The lowest BCUT2D eigenvalue weighted by Gasteiger charge is -2.36. The van der Waals surface area contributed by atoms with E-state index in [9.17, 15) is 19.2 Å². The Labute approximate surface area is 567 Å². The summed E-state index contributed by atoms with van der Waals surface area (Å²) in [6.07, 6.45) is 19.1. The molecule has 4 aliphatic heterocycles. The maximum atomic E-state index is 15.4. The third-order valence-corrected chi connectivity index (χ3v) is 28.7. The van der Waals surface area contributed by atoms with Gasteiger partial charge in [0, 0.05) is 66.2 Å². The number of carbonyl (C=O) groups is 8. The van der Waals surface area contributed by atoms with Crippen LogP contribution in [0.25, 0.3) is 11.1 Å². The molecule has 10 aliphatic rings. The van der Waals surface area contributed by atoms with Crippen LogP contribution in [0.3, 0.4) is 0 Å². The molecular formula is C78H106O18. The maximum absolute atomic E-state index is 15.4. The Morgan fingerprint density at radius 3 is 0.688 bits per heavy atom. The van der Waals surface area contributed by atoms with Crippen molar-refractivity contribution in [1.82, 2.24) is 0 Å². The lowest BCUT2D eigenvalue weighted by atomic mass is 9.66. The van der Waals surface area contributed by atoms with Crippen LogP contribution >= 0.6 is 0 Å². The molecule has 18 nitrogen and oxygen atoms in total. The predicted octanol–water partition coefficient (Wildman–Crippen LogP) is 14.5. The quantitative estimate of drug-likeness (QED) is 0.119. The number of methoxy groups -OCH3 is 2.